The van der Waals surface area contributed by atoms with Crippen molar-refractivity contribution in [3.63, 3.8) is 0 Å². The van der Waals surface area contributed by atoms with Crippen LogP contribution in [0.1, 0.15) is 18.1 Å². The van der Waals surface area contributed by atoms with Crippen LogP contribution in [0.5, 0.6) is 5.75 Å². The molecule has 0 radical (unpaired) electrons. The molecule has 2 rings (SSSR count). The Balaban J connectivity index is 2.34. The van der Waals surface area contributed by atoms with Crippen molar-refractivity contribution < 1.29 is 13.5 Å². The van der Waals surface area contributed by atoms with Gasteiger partial charge in [-0.15, -0.1) is 0 Å². The van der Waals surface area contributed by atoms with Crippen LogP contribution in [0.25, 0.3) is 0 Å². The van der Waals surface area contributed by atoms with Crippen LogP contribution in [0.4, 0.5) is 8.78 Å². The van der Waals surface area contributed by atoms with Crippen molar-refractivity contribution in [3.05, 3.63) is 63.6 Å². The molecule has 0 saturated carbocycles. The smallest absolute Gasteiger partial charge is 0.143 e. The van der Waals surface area contributed by atoms with Gasteiger partial charge in [0, 0.05) is 17.5 Å². The highest BCUT2D eigenvalue weighted by Crippen LogP contribution is 2.29. The van der Waals surface area contributed by atoms with E-state index in [1.54, 1.807) is 38.3 Å². The van der Waals surface area contributed by atoms with Crippen LogP contribution < -0.4 is 10.5 Å². The highest BCUT2D eigenvalue weighted by molar-refractivity contribution is 9.10. The van der Waals surface area contributed by atoms with Gasteiger partial charge in [-0.3, -0.25) is 0 Å². The summed E-state index contributed by atoms with van der Waals surface area (Å²) >= 11 is 3.06. The Morgan fingerprint density at radius 1 is 1.14 bits per heavy atom. The summed E-state index contributed by atoms with van der Waals surface area (Å²) in [5, 5.41) is 0. The molecular formula is C16H16BrF2NO. The molecule has 0 spiro atoms. The van der Waals surface area contributed by atoms with Gasteiger partial charge in [0.25, 0.3) is 0 Å². The molecule has 0 aliphatic rings. The summed E-state index contributed by atoms with van der Waals surface area (Å²) in [6.07, 6.45) is 0.0520. The van der Waals surface area contributed by atoms with Gasteiger partial charge in [0.05, 0.1) is 11.6 Å². The van der Waals surface area contributed by atoms with Gasteiger partial charge in [-0.25, -0.2) is 8.78 Å². The van der Waals surface area contributed by atoms with Crippen LogP contribution in [-0.4, -0.2) is 7.11 Å². The van der Waals surface area contributed by atoms with Gasteiger partial charge < -0.3 is 10.5 Å². The Hall–Kier alpha value is -1.46. The van der Waals surface area contributed by atoms with Crippen molar-refractivity contribution in [1.82, 2.24) is 0 Å². The zero-order valence-corrected chi connectivity index (χ0v) is 13.4. The minimum Gasteiger partial charge on any atom is -0.497 e. The number of benzene rings is 2. The van der Waals surface area contributed by atoms with Crippen LogP contribution >= 0.6 is 15.9 Å². The molecule has 0 aromatic heterocycles. The first-order valence-electron chi connectivity index (χ1n) is 6.41. The summed E-state index contributed by atoms with van der Waals surface area (Å²) in [4.78, 5) is 0. The molecule has 0 fully saturated rings. The predicted octanol–water partition coefficient (Wildman–Crippen LogP) is 4.15. The van der Waals surface area contributed by atoms with Crippen LogP contribution in [0.15, 0.2) is 40.9 Å². The molecule has 5 heteroatoms. The minimum absolute atomic E-state index is 0.0230. The first-order valence-corrected chi connectivity index (χ1v) is 7.20. The Bertz CT molecular complexity index is 641. The summed E-state index contributed by atoms with van der Waals surface area (Å²) in [7, 11) is 1.57. The van der Waals surface area contributed by atoms with Gasteiger partial charge in [0.2, 0.25) is 0 Å². The average molecular weight is 356 g/mol. The van der Waals surface area contributed by atoms with Crippen LogP contribution in [-0.2, 0) is 12.0 Å². The van der Waals surface area contributed by atoms with Gasteiger partial charge in [-0.05, 0) is 52.7 Å². The maximum atomic E-state index is 14.1. The van der Waals surface area contributed by atoms with Crippen molar-refractivity contribution in [1.29, 1.82) is 0 Å². The lowest BCUT2D eigenvalue weighted by Gasteiger charge is -2.26. The third-order valence-corrected chi connectivity index (χ3v) is 4.04. The van der Waals surface area contributed by atoms with E-state index in [-0.39, 0.29) is 16.5 Å². The largest absolute Gasteiger partial charge is 0.497 e. The number of hydrogen-bond acceptors (Lipinski definition) is 2. The zero-order valence-electron chi connectivity index (χ0n) is 11.8. The molecule has 2 nitrogen and oxygen atoms in total. The second-order valence-electron chi connectivity index (χ2n) is 5.14. The second kappa shape index (κ2) is 6.12. The molecule has 0 aliphatic carbocycles. The number of nitrogens with two attached hydrogens (primary N) is 1. The zero-order chi connectivity index (χ0) is 15.6. The molecular weight excluding hydrogens is 340 g/mol. The first-order chi connectivity index (χ1) is 9.85. The predicted molar refractivity (Wildman–Crippen MR) is 82.3 cm³/mol. The van der Waals surface area contributed by atoms with E-state index in [4.69, 9.17) is 10.5 Å². The molecule has 2 N–H and O–H groups in total. The summed E-state index contributed by atoms with van der Waals surface area (Å²) in [6.45, 7) is 1.74. The van der Waals surface area contributed by atoms with Gasteiger partial charge in [-0.1, -0.05) is 12.1 Å². The molecule has 0 bridgehead atoms. The summed E-state index contributed by atoms with van der Waals surface area (Å²) in [5.41, 5.74) is 6.12. The summed E-state index contributed by atoms with van der Waals surface area (Å²) in [6, 6.07) is 9.71. The standard InChI is InChI=1S/C16H16BrF2NO/c1-16(20,10-3-5-11(21-2)6-4-10)9-12-14(18)8-7-13(17)15(12)19/h3-8H,9,20H2,1-2H3. The molecule has 112 valence electrons. The molecule has 1 atom stereocenters. The van der Waals surface area contributed by atoms with E-state index in [2.05, 4.69) is 15.9 Å². The van der Waals surface area contributed by atoms with E-state index < -0.39 is 17.2 Å². The van der Waals surface area contributed by atoms with E-state index in [9.17, 15) is 8.78 Å². The fourth-order valence-electron chi connectivity index (χ4n) is 2.17. The van der Waals surface area contributed by atoms with Crippen molar-refractivity contribution in [2.75, 3.05) is 7.11 Å². The topological polar surface area (TPSA) is 35.2 Å². The van der Waals surface area contributed by atoms with E-state index in [0.29, 0.717) is 5.75 Å². The maximum Gasteiger partial charge on any atom is 0.143 e. The lowest BCUT2D eigenvalue weighted by Crippen LogP contribution is -2.36. The molecule has 0 saturated heterocycles. The van der Waals surface area contributed by atoms with E-state index in [1.165, 1.54) is 12.1 Å². The number of rotatable bonds is 4. The van der Waals surface area contributed by atoms with E-state index in [0.717, 1.165) is 5.56 Å². The Morgan fingerprint density at radius 3 is 2.33 bits per heavy atom. The van der Waals surface area contributed by atoms with Crippen LogP contribution in [0.3, 0.4) is 0 Å². The van der Waals surface area contributed by atoms with E-state index in [1.807, 2.05) is 0 Å². The number of ether oxygens (including phenoxy) is 1. The van der Waals surface area contributed by atoms with Gasteiger partial charge in [0.1, 0.15) is 17.4 Å². The van der Waals surface area contributed by atoms with Crippen molar-refractivity contribution >= 4 is 15.9 Å². The molecule has 0 amide bonds. The van der Waals surface area contributed by atoms with Crippen LogP contribution in [0, 0.1) is 11.6 Å². The summed E-state index contributed by atoms with van der Waals surface area (Å²) < 4.78 is 33.2. The molecule has 0 aliphatic heterocycles. The second-order valence-corrected chi connectivity index (χ2v) is 6.00. The van der Waals surface area contributed by atoms with E-state index >= 15 is 0 Å². The molecule has 0 heterocycles. The molecule has 21 heavy (non-hydrogen) atoms. The van der Waals surface area contributed by atoms with Crippen molar-refractivity contribution in [2.24, 2.45) is 5.73 Å². The lowest BCUT2D eigenvalue weighted by molar-refractivity contribution is 0.413. The number of hydrogen-bond donors (Lipinski definition) is 1. The quantitative estimate of drug-likeness (QED) is 0.836. The normalized spacial score (nSPS) is 13.8. The van der Waals surface area contributed by atoms with Gasteiger partial charge in [-0.2, -0.15) is 0 Å². The lowest BCUT2D eigenvalue weighted by atomic mass is 9.86. The Labute approximate surface area is 131 Å². The highest BCUT2D eigenvalue weighted by Gasteiger charge is 2.26. The molecule has 2 aromatic rings. The molecule has 2 aromatic carbocycles. The monoisotopic (exact) mass is 355 g/mol. The average Bonchev–Trinajstić information content (AvgIpc) is 2.48. The minimum atomic E-state index is -0.894. The van der Waals surface area contributed by atoms with Crippen LogP contribution in [0.2, 0.25) is 0 Å². The maximum absolute atomic E-state index is 14.1. The third-order valence-electron chi connectivity index (χ3n) is 3.43. The number of halogens is 3. The van der Waals surface area contributed by atoms with Gasteiger partial charge >= 0.3 is 0 Å². The fraction of sp³-hybridized carbons (Fsp3) is 0.250. The summed E-state index contributed by atoms with van der Waals surface area (Å²) in [5.74, 6) is -0.504. The number of methoxy groups -OCH3 is 1. The SMILES string of the molecule is COc1ccc(C(C)(N)Cc2c(F)ccc(Br)c2F)cc1. The molecule has 1 unspecified atom stereocenters. The Kier molecular flexibility index (Phi) is 4.64. The van der Waals surface area contributed by atoms with Gasteiger partial charge in [0.15, 0.2) is 0 Å². The fourth-order valence-corrected chi connectivity index (χ4v) is 2.54. The highest BCUT2D eigenvalue weighted by atomic mass is 79.9. The van der Waals surface area contributed by atoms with Crippen molar-refractivity contribution in [2.45, 2.75) is 18.9 Å². The third kappa shape index (κ3) is 3.41. The Morgan fingerprint density at radius 2 is 1.76 bits per heavy atom. The van der Waals surface area contributed by atoms with Crippen molar-refractivity contribution in [3.8, 4) is 5.75 Å². The first kappa shape index (κ1) is 15.9.